The third-order valence-corrected chi connectivity index (χ3v) is 2.65. The number of aromatic carboxylic acids is 1. The van der Waals surface area contributed by atoms with E-state index in [2.05, 4.69) is 15.9 Å². The van der Waals surface area contributed by atoms with Crippen LogP contribution in [0.25, 0.3) is 0 Å². The van der Waals surface area contributed by atoms with Gasteiger partial charge in [-0.3, -0.25) is 0 Å². The fourth-order valence-corrected chi connectivity index (χ4v) is 2.14. The molecule has 1 aromatic rings. The van der Waals surface area contributed by atoms with Crippen LogP contribution < -0.4 is 9.47 Å². The summed E-state index contributed by atoms with van der Waals surface area (Å²) in [7, 11) is 2.77. The first-order valence-electron chi connectivity index (χ1n) is 3.86. The second-order valence-electron chi connectivity index (χ2n) is 2.59. The summed E-state index contributed by atoms with van der Waals surface area (Å²) in [5.41, 5.74) is -0.112. The highest BCUT2D eigenvalue weighted by molar-refractivity contribution is 9.10. The molecule has 15 heavy (non-hydrogen) atoms. The average molecular weight is 296 g/mol. The van der Waals surface area contributed by atoms with E-state index in [1.165, 1.54) is 20.3 Å². The normalized spacial score (nSPS) is 9.87. The van der Waals surface area contributed by atoms with Gasteiger partial charge in [-0.15, -0.1) is 0 Å². The van der Waals surface area contributed by atoms with Gasteiger partial charge in [-0.1, -0.05) is 11.6 Å². The maximum Gasteiger partial charge on any atom is 0.341 e. The van der Waals surface area contributed by atoms with E-state index in [1.54, 1.807) is 0 Å². The van der Waals surface area contributed by atoms with Crippen molar-refractivity contribution >= 4 is 33.5 Å². The molecule has 0 aliphatic rings. The minimum atomic E-state index is -1.16. The molecule has 0 amide bonds. The van der Waals surface area contributed by atoms with Crippen molar-refractivity contribution in [2.24, 2.45) is 0 Å². The standard InChI is InChI=1S/C9H8BrClO4/c1-14-7-4(10)3-5(11)6(9(12)13)8(7)15-2/h3H,1-2H3,(H,12,13). The predicted octanol–water partition coefficient (Wildman–Crippen LogP) is 2.82. The number of carboxylic acid groups (broad SMARTS) is 1. The van der Waals surface area contributed by atoms with Crippen LogP contribution in [-0.4, -0.2) is 25.3 Å². The molecule has 0 fully saturated rings. The first kappa shape index (κ1) is 12.1. The third-order valence-electron chi connectivity index (χ3n) is 1.76. The molecule has 0 unspecified atom stereocenters. The molecule has 0 aliphatic carbocycles. The molecule has 6 heteroatoms. The van der Waals surface area contributed by atoms with Gasteiger partial charge in [-0.05, 0) is 22.0 Å². The van der Waals surface area contributed by atoms with Crippen molar-refractivity contribution in [1.29, 1.82) is 0 Å². The van der Waals surface area contributed by atoms with Crippen molar-refractivity contribution < 1.29 is 19.4 Å². The van der Waals surface area contributed by atoms with Crippen LogP contribution in [0.5, 0.6) is 11.5 Å². The first-order valence-corrected chi connectivity index (χ1v) is 5.03. The Morgan fingerprint density at radius 1 is 1.40 bits per heavy atom. The predicted molar refractivity (Wildman–Crippen MR) is 59.2 cm³/mol. The minimum Gasteiger partial charge on any atom is -0.492 e. The highest BCUT2D eigenvalue weighted by Crippen LogP contribution is 2.41. The van der Waals surface area contributed by atoms with Crippen LogP contribution in [0.2, 0.25) is 5.02 Å². The molecule has 1 N–H and O–H groups in total. The number of carboxylic acids is 1. The molecule has 1 aromatic carbocycles. The van der Waals surface area contributed by atoms with E-state index in [0.717, 1.165) is 0 Å². The van der Waals surface area contributed by atoms with Crippen molar-refractivity contribution in [2.45, 2.75) is 0 Å². The average Bonchev–Trinajstić information content (AvgIpc) is 2.15. The number of halogens is 2. The van der Waals surface area contributed by atoms with Gasteiger partial charge >= 0.3 is 5.97 Å². The lowest BCUT2D eigenvalue weighted by atomic mass is 10.2. The van der Waals surface area contributed by atoms with Gasteiger partial charge in [-0.2, -0.15) is 0 Å². The van der Waals surface area contributed by atoms with Crippen LogP contribution >= 0.6 is 27.5 Å². The summed E-state index contributed by atoms with van der Waals surface area (Å²) in [5, 5.41) is 9.04. The van der Waals surface area contributed by atoms with Gasteiger partial charge in [0.1, 0.15) is 5.56 Å². The maximum atomic E-state index is 10.9. The van der Waals surface area contributed by atoms with Crippen molar-refractivity contribution in [1.82, 2.24) is 0 Å². The Bertz CT molecular complexity index is 406. The second kappa shape index (κ2) is 4.72. The quantitative estimate of drug-likeness (QED) is 0.931. The number of hydrogen-bond donors (Lipinski definition) is 1. The highest BCUT2D eigenvalue weighted by atomic mass is 79.9. The van der Waals surface area contributed by atoms with E-state index >= 15 is 0 Å². The summed E-state index contributed by atoms with van der Waals surface area (Å²) in [4.78, 5) is 10.9. The van der Waals surface area contributed by atoms with Gasteiger partial charge in [0, 0.05) is 0 Å². The maximum absolute atomic E-state index is 10.9. The zero-order valence-corrected chi connectivity index (χ0v) is 10.3. The van der Waals surface area contributed by atoms with Gasteiger partial charge in [-0.25, -0.2) is 4.79 Å². The van der Waals surface area contributed by atoms with Crippen LogP contribution in [0.3, 0.4) is 0 Å². The summed E-state index contributed by atoms with van der Waals surface area (Å²) in [5.74, 6) is -0.758. The molecule has 0 aromatic heterocycles. The molecule has 4 nitrogen and oxygen atoms in total. The number of carbonyl (C=O) groups is 1. The fraction of sp³-hybridized carbons (Fsp3) is 0.222. The van der Waals surface area contributed by atoms with Crippen molar-refractivity contribution in [3.63, 3.8) is 0 Å². The monoisotopic (exact) mass is 294 g/mol. The highest BCUT2D eigenvalue weighted by Gasteiger charge is 2.22. The Morgan fingerprint density at radius 2 is 1.93 bits per heavy atom. The van der Waals surface area contributed by atoms with Crippen LogP contribution in [0.15, 0.2) is 10.5 Å². The van der Waals surface area contributed by atoms with Crippen LogP contribution in [0.1, 0.15) is 10.4 Å². The van der Waals surface area contributed by atoms with Crippen LogP contribution in [0, 0.1) is 0 Å². The first-order chi connectivity index (χ1) is 7.02. The molecule has 0 spiro atoms. The number of rotatable bonds is 3. The smallest absolute Gasteiger partial charge is 0.341 e. The summed E-state index contributed by atoms with van der Waals surface area (Å²) in [6, 6.07) is 1.45. The number of ether oxygens (including phenoxy) is 2. The topological polar surface area (TPSA) is 55.8 Å². The fourth-order valence-electron chi connectivity index (χ4n) is 1.16. The van der Waals surface area contributed by atoms with Crippen molar-refractivity contribution in [2.75, 3.05) is 14.2 Å². The van der Waals surface area contributed by atoms with Gasteiger partial charge in [0.15, 0.2) is 11.5 Å². The van der Waals surface area contributed by atoms with Crippen molar-refractivity contribution in [3.05, 3.63) is 21.1 Å². The van der Waals surface area contributed by atoms with Gasteiger partial charge in [0.2, 0.25) is 0 Å². The van der Waals surface area contributed by atoms with Crippen LogP contribution in [-0.2, 0) is 0 Å². The molecule has 82 valence electrons. The van der Waals surface area contributed by atoms with E-state index in [-0.39, 0.29) is 16.3 Å². The van der Waals surface area contributed by atoms with Gasteiger partial charge in [0.25, 0.3) is 0 Å². The largest absolute Gasteiger partial charge is 0.492 e. The lowest BCUT2D eigenvalue weighted by molar-refractivity contribution is 0.0693. The lowest BCUT2D eigenvalue weighted by Gasteiger charge is -2.13. The summed E-state index contributed by atoms with van der Waals surface area (Å²) in [6.07, 6.45) is 0. The molecule has 0 saturated heterocycles. The van der Waals surface area contributed by atoms with E-state index < -0.39 is 5.97 Å². The Hall–Kier alpha value is -0.940. The van der Waals surface area contributed by atoms with Crippen LogP contribution in [0.4, 0.5) is 0 Å². The zero-order chi connectivity index (χ0) is 11.6. The second-order valence-corrected chi connectivity index (χ2v) is 3.85. The minimum absolute atomic E-state index is 0.0898. The third kappa shape index (κ3) is 2.18. The number of benzene rings is 1. The Balaban J connectivity index is 3.56. The number of hydrogen-bond acceptors (Lipinski definition) is 3. The molecule has 0 bridgehead atoms. The summed E-state index contributed by atoms with van der Waals surface area (Å²) in [6.45, 7) is 0. The molecule has 0 radical (unpaired) electrons. The van der Waals surface area contributed by atoms with E-state index in [9.17, 15) is 4.79 Å². The lowest BCUT2D eigenvalue weighted by Crippen LogP contribution is -2.04. The van der Waals surface area contributed by atoms with E-state index in [0.29, 0.717) is 10.2 Å². The molecule has 0 saturated carbocycles. The molecule has 0 atom stereocenters. The summed E-state index contributed by atoms with van der Waals surface area (Å²) < 4.78 is 10.5. The molecule has 1 rings (SSSR count). The summed E-state index contributed by atoms with van der Waals surface area (Å²) >= 11 is 8.99. The van der Waals surface area contributed by atoms with Crippen molar-refractivity contribution in [3.8, 4) is 11.5 Å². The SMILES string of the molecule is COc1c(Br)cc(Cl)c(C(=O)O)c1OC. The van der Waals surface area contributed by atoms with Gasteiger partial charge in [0.05, 0.1) is 23.7 Å². The van der Waals surface area contributed by atoms with E-state index in [4.69, 9.17) is 26.2 Å². The molecule has 0 aliphatic heterocycles. The zero-order valence-electron chi connectivity index (χ0n) is 8.01. The Labute approximate surface area is 99.9 Å². The Kier molecular flexibility index (Phi) is 3.82. The molecular weight excluding hydrogens is 287 g/mol. The molecule has 0 heterocycles. The van der Waals surface area contributed by atoms with Gasteiger partial charge < -0.3 is 14.6 Å². The molecular formula is C9H8BrClO4. The van der Waals surface area contributed by atoms with E-state index in [1.807, 2.05) is 0 Å². The number of methoxy groups -OCH3 is 2. The Morgan fingerprint density at radius 3 is 2.33 bits per heavy atom.